The number of hydrogen-bond acceptors (Lipinski definition) is 2. The predicted molar refractivity (Wildman–Crippen MR) is 37.9 cm³/mol. The molecule has 6 heteroatoms. The van der Waals surface area contributed by atoms with Crippen molar-refractivity contribution in [3.63, 3.8) is 0 Å². The monoisotopic (exact) mass is 197 g/mol. The molecule has 1 aliphatic carbocycles. The molecule has 0 aromatic rings. The van der Waals surface area contributed by atoms with Crippen molar-refractivity contribution in [2.75, 3.05) is 0 Å². The zero-order chi connectivity index (χ0) is 10.2. The number of nitrogens with two attached hydrogens (primary N) is 1. The summed E-state index contributed by atoms with van der Waals surface area (Å²) >= 11 is 0. The highest BCUT2D eigenvalue weighted by Gasteiger charge is 2.50. The molecule has 3 N–H and O–H groups in total. The Hall–Kier alpha value is -0.780. The van der Waals surface area contributed by atoms with E-state index in [0.29, 0.717) is 0 Å². The first-order valence-electron chi connectivity index (χ1n) is 3.87. The molecule has 13 heavy (non-hydrogen) atoms. The molecule has 3 nitrogen and oxygen atoms in total. The van der Waals surface area contributed by atoms with Gasteiger partial charge in [0.1, 0.15) is 0 Å². The largest absolute Gasteiger partial charge is 0.481 e. The molecule has 76 valence electrons. The molecule has 3 atom stereocenters. The van der Waals surface area contributed by atoms with Gasteiger partial charge in [-0.1, -0.05) is 0 Å². The third-order valence-electron chi connectivity index (χ3n) is 2.38. The first-order valence-corrected chi connectivity index (χ1v) is 3.87. The van der Waals surface area contributed by atoms with E-state index in [9.17, 15) is 18.0 Å². The molecule has 1 aliphatic rings. The van der Waals surface area contributed by atoms with E-state index in [-0.39, 0.29) is 12.8 Å². The standard InChI is InChI=1S/C7H10F3NO2/c8-7(9,10)4-1-3(6(12)13)2-5(4)11/h3-5H,1-2,11H2,(H,12,13)/t3-,4+,5-/m0/s1. The summed E-state index contributed by atoms with van der Waals surface area (Å²) in [6, 6.07) is -1.07. The van der Waals surface area contributed by atoms with E-state index < -0.39 is 30.0 Å². The molecule has 0 unspecified atom stereocenters. The van der Waals surface area contributed by atoms with E-state index >= 15 is 0 Å². The molecule has 0 aromatic carbocycles. The number of carboxylic acids is 1. The maximum Gasteiger partial charge on any atom is 0.393 e. The predicted octanol–water partition coefficient (Wildman–Crippen LogP) is 0.987. The lowest BCUT2D eigenvalue weighted by atomic mass is 10.0. The van der Waals surface area contributed by atoms with Crippen LogP contribution in [0.2, 0.25) is 0 Å². The molecule has 0 spiro atoms. The van der Waals surface area contributed by atoms with Crippen LogP contribution in [-0.2, 0) is 4.79 Å². The molecule has 0 radical (unpaired) electrons. The van der Waals surface area contributed by atoms with Crippen molar-refractivity contribution in [2.45, 2.75) is 25.1 Å². The van der Waals surface area contributed by atoms with Crippen molar-refractivity contribution in [1.82, 2.24) is 0 Å². The quantitative estimate of drug-likeness (QED) is 0.658. The normalized spacial score (nSPS) is 34.9. The summed E-state index contributed by atoms with van der Waals surface area (Å²) < 4.78 is 36.5. The number of hydrogen-bond donors (Lipinski definition) is 2. The molecule has 1 fully saturated rings. The summed E-state index contributed by atoms with van der Waals surface area (Å²) in [5.74, 6) is -3.79. The number of alkyl halides is 3. The summed E-state index contributed by atoms with van der Waals surface area (Å²) in [7, 11) is 0. The summed E-state index contributed by atoms with van der Waals surface area (Å²) in [6.07, 6.45) is -4.84. The van der Waals surface area contributed by atoms with Crippen molar-refractivity contribution in [3.8, 4) is 0 Å². The SMILES string of the molecule is N[C@H]1C[C@@H](C(=O)O)C[C@H]1C(F)(F)F. The molecule has 1 saturated carbocycles. The van der Waals surface area contributed by atoms with Crippen LogP contribution < -0.4 is 5.73 Å². The van der Waals surface area contributed by atoms with Crippen molar-refractivity contribution in [2.24, 2.45) is 17.6 Å². The third-order valence-corrected chi connectivity index (χ3v) is 2.38. The lowest BCUT2D eigenvalue weighted by Gasteiger charge is -2.18. The number of carbonyl (C=O) groups is 1. The average Bonchev–Trinajstić information content (AvgIpc) is 2.29. The minimum Gasteiger partial charge on any atom is -0.481 e. The summed E-state index contributed by atoms with van der Waals surface area (Å²) in [5.41, 5.74) is 5.21. The fourth-order valence-corrected chi connectivity index (χ4v) is 1.65. The Kier molecular flexibility index (Phi) is 2.51. The Bertz CT molecular complexity index is 216. The summed E-state index contributed by atoms with van der Waals surface area (Å²) in [4.78, 5) is 10.4. The Labute approximate surface area is 72.7 Å². The molecule has 1 rings (SSSR count). The summed E-state index contributed by atoms with van der Waals surface area (Å²) in [6.45, 7) is 0. The minimum absolute atomic E-state index is 0.0838. The van der Waals surface area contributed by atoms with Gasteiger partial charge in [0.05, 0.1) is 11.8 Å². The van der Waals surface area contributed by atoms with Gasteiger partial charge in [-0.2, -0.15) is 13.2 Å². The molecule has 0 heterocycles. The molecule has 0 saturated heterocycles. The Morgan fingerprint density at radius 2 is 1.92 bits per heavy atom. The fraction of sp³-hybridized carbons (Fsp3) is 0.857. The van der Waals surface area contributed by atoms with Crippen LogP contribution in [0.5, 0.6) is 0 Å². The van der Waals surface area contributed by atoms with E-state index in [4.69, 9.17) is 10.8 Å². The molecule has 0 aliphatic heterocycles. The maximum atomic E-state index is 12.2. The molecule has 0 amide bonds. The highest BCUT2D eigenvalue weighted by molar-refractivity contribution is 5.70. The van der Waals surface area contributed by atoms with Crippen LogP contribution >= 0.6 is 0 Å². The smallest absolute Gasteiger partial charge is 0.393 e. The average molecular weight is 197 g/mol. The highest BCUT2D eigenvalue weighted by Crippen LogP contribution is 2.40. The lowest BCUT2D eigenvalue weighted by molar-refractivity contribution is -0.176. The molecule has 0 aromatic heterocycles. The molecular weight excluding hydrogens is 187 g/mol. The van der Waals surface area contributed by atoms with Crippen molar-refractivity contribution in [3.05, 3.63) is 0 Å². The van der Waals surface area contributed by atoms with Gasteiger partial charge in [0.15, 0.2) is 0 Å². The molecule has 0 bridgehead atoms. The number of aliphatic carboxylic acids is 1. The van der Waals surface area contributed by atoms with Crippen LogP contribution in [0.4, 0.5) is 13.2 Å². The third kappa shape index (κ3) is 2.12. The second kappa shape index (κ2) is 3.17. The molecular formula is C7H10F3NO2. The van der Waals surface area contributed by atoms with Gasteiger partial charge in [-0.3, -0.25) is 4.79 Å². The van der Waals surface area contributed by atoms with Gasteiger partial charge in [-0.05, 0) is 12.8 Å². The van der Waals surface area contributed by atoms with Gasteiger partial charge < -0.3 is 10.8 Å². The van der Waals surface area contributed by atoms with Crippen LogP contribution in [-0.4, -0.2) is 23.3 Å². The van der Waals surface area contributed by atoms with Gasteiger partial charge in [0.2, 0.25) is 0 Å². The van der Waals surface area contributed by atoms with Crippen molar-refractivity contribution in [1.29, 1.82) is 0 Å². The van der Waals surface area contributed by atoms with E-state index in [1.54, 1.807) is 0 Å². The zero-order valence-electron chi connectivity index (χ0n) is 6.71. The van der Waals surface area contributed by atoms with Crippen molar-refractivity contribution < 1.29 is 23.1 Å². The first kappa shape index (κ1) is 10.3. The van der Waals surface area contributed by atoms with Crippen LogP contribution in [0.1, 0.15) is 12.8 Å². The van der Waals surface area contributed by atoms with Crippen LogP contribution in [0.3, 0.4) is 0 Å². The Morgan fingerprint density at radius 3 is 2.15 bits per heavy atom. The van der Waals surface area contributed by atoms with E-state index in [0.717, 1.165) is 0 Å². The van der Waals surface area contributed by atoms with Gasteiger partial charge in [0, 0.05) is 6.04 Å². The second-order valence-corrected chi connectivity index (χ2v) is 3.32. The van der Waals surface area contributed by atoms with Gasteiger partial charge >= 0.3 is 12.1 Å². The van der Waals surface area contributed by atoms with Crippen molar-refractivity contribution >= 4 is 5.97 Å². The Balaban J connectivity index is 2.67. The van der Waals surface area contributed by atoms with E-state index in [1.807, 2.05) is 0 Å². The zero-order valence-corrected chi connectivity index (χ0v) is 6.71. The van der Waals surface area contributed by atoms with Crippen LogP contribution in [0, 0.1) is 11.8 Å². The maximum absolute atomic E-state index is 12.2. The van der Waals surface area contributed by atoms with Gasteiger partial charge in [-0.15, -0.1) is 0 Å². The van der Waals surface area contributed by atoms with Gasteiger partial charge in [0.25, 0.3) is 0 Å². The number of halogens is 3. The van der Waals surface area contributed by atoms with E-state index in [2.05, 4.69) is 0 Å². The first-order chi connectivity index (χ1) is 5.82. The van der Waals surface area contributed by atoms with Gasteiger partial charge in [-0.25, -0.2) is 0 Å². The Morgan fingerprint density at radius 1 is 1.38 bits per heavy atom. The topological polar surface area (TPSA) is 63.3 Å². The summed E-state index contributed by atoms with van der Waals surface area (Å²) in [5, 5.41) is 8.49. The second-order valence-electron chi connectivity index (χ2n) is 3.32. The fourth-order valence-electron chi connectivity index (χ4n) is 1.65. The minimum atomic E-state index is -4.37. The number of rotatable bonds is 1. The number of carboxylic acid groups (broad SMARTS) is 1. The highest BCUT2D eigenvalue weighted by atomic mass is 19.4. The van der Waals surface area contributed by atoms with Crippen LogP contribution in [0.15, 0.2) is 0 Å². The van der Waals surface area contributed by atoms with Crippen LogP contribution in [0.25, 0.3) is 0 Å². The van der Waals surface area contributed by atoms with E-state index in [1.165, 1.54) is 0 Å². The lowest BCUT2D eigenvalue weighted by Crippen LogP contribution is -2.35.